The summed E-state index contributed by atoms with van der Waals surface area (Å²) < 4.78 is 51.3. The molecular formula is C42H40ClF3N6O6. The van der Waals surface area contributed by atoms with E-state index in [4.69, 9.17) is 21.1 Å². The number of nitriles is 1. The highest BCUT2D eigenvalue weighted by atomic mass is 35.5. The van der Waals surface area contributed by atoms with Crippen molar-refractivity contribution < 1.29 is 37.0 Å². The predicted octanol–water partition coefficient (Wildman–Crippen LogP) is 6.53. The fourth-order valence-electron chi connectivity index (χ4n) is 8.49. The highest BCUT2D eigenvalue weighted by molar-refractivity contribution is 6.34. The van der Waals surface area contributed by atoms with Gasteiger partial charge in [0, 0.05) is 66.9 Å². The first kappa shape index (κ1) is 40.4. The molecule has 0 spiro atoms. The number of piperazine rings is 1. The van der Waals surface area contributed by atoms with Crippen LogP contribution < -0.4 is 30.1 Å². The number of rotatable bonds is 10. The molecule has 7 rings (SSSR count). The number of H-pyrrole nitrogens is 1. The van der Waals surface area contributed by atoms with Gasteiger partial charge in [0.25, 0.3) is 23.3 Å². The number of imide groups is 1. The zero-order valence-corrected chi connectivity index (χ0v) is 32.8. The highest BCUT2D eigenvalue weighted by Crippen LogP contribution is 2.55. The first-order valence-electron chi connectivity index (χ1n) is 18.6. The minimum absolute atomic E-state index is 0.0136. The fraction of sp³-hybridized carbons (Fsp3) is 0.357. The van der Waals surface area contributed by atoms with Crippen molar-refractivity contribution in [1.82, 2.24) is 15.2 Å². The lowest BCUT2D eigenvalue weighted by molar-refractivity contribution is -0.164. The van der Waals surface area contributed by atoms with E-state index >= 15 is 0 Å². The van der Waals surface area contributed by atoms with Crippen molar-refractivity contribution in [3.05, 3.63) is 116 Å². The van der Waals surface area contributed by atoms with Crippen LogP contribution in [0, 0.1) is 22.2 Å². The van der Waals surface area contributed by atoms with E-state index < -0.39 is 45.8 Å². The molecule has 3 heterocycles. The number of alkyl halides is 3. The second kappa shape index (κ2) is 15.1. The highest BCUT2D eigenvalue weighted by Gasteiger charge is 2.64. The molecule has 1 aliphatic carbocycles. The number of carbonyl (C=O) groups is 3. The molecule has 0 unspecified atom stereocenters. The molecule has 2 N–H and O–H groups in total. The fourth-order valence-corrected chi connectivity index (χ4v) is 8.70. The number of anilines is 2. The molecule has 1 saturated carbocycles. The van der Waals surface area contributed by atoms with Gasteiger partial charge in [0.15, 0.2) is 0 Å². The molecule has 4 aromatic rings. The quantitative estimate of drug-likeness (QED) is 0.171. The number of pyridine rings is 1. The molecule has 0 atom stereocenters. The van der Waals surface area contributed by atoms with Gasteiger partial charge in [-0.1, -0.05) is 39.3 Å². The summed E-state index contributed by atoms with van der Waals surface area (Å²) in [6, 6.07) is 20.1. The third-order valence-electron chi connectivity index (χ3n) is 11.3. The van der Waals surface area contributed by atoms with E-state index in [1.54, 1.807) is 23.2 Å². The Morgan fingerprint density at radius 3 is 2.17 bits per heavy atom. The molecule has 2 fully saturated rings. The van der Waals surface area contributed by atoms with E-state index in [0.717, 1.165) is 37.9 Å². The molecule has 302 valence electrons. The summed E-state index contributed by atoms with van der Waals surface area (Å²) in [6.07, 6.45) is -5.01. The Bertz CT molecular complexity index is 2370. The molecule has 0 radical (unpaired) electrons. The van der Waals surface area contributed by atoms with Crippen LogP contribution in [0.5, 0.6) is 11.5 Å². The van der Waals surface area contributed by atoms with Crippen LogP contribution in [0.2, 0.25) is 5.02 Å². The monoisotopic (exact) mass is 816 g/mol. The van der Waals surface area contributed by atoms with E-state index in [1.807, 2.05) is 30.3 Å². The van der Waals surface area contributed by atoms with Crippen LogP contribution in [0.25, 0.3) is 0 Å². The molecule has 58 heavy (non-hydrogen) atoms. The molecule has 1 aromatic heterocycles. The molecule has 3 amide bonds. The number of aromatic nitrogens is 1. The maximum atomic E-state index is 13.4. The lowest BCUT2D eigenvalue weighted by Gasteiger charge is -2.63. The Morgan fingerprint density at radius 1 is 0.897 bits per heavy atom. The first-order chi connectivity index (χ1) is 27.4. The number of nitrogens with one attached hydrogen (secondary N) is 2. The smallest absolute Gasteiger partial charge is 0.431 e. The number of hydrogen-bond acceptors (Lipinski definition) is 9. The van der Waals surface area contributed by atoms with Crippen molar-refractivity contribution in [2.24, 2.45) is 10.8 Å². The summed E-state index contributed by atoms with van der Waals surface area (Å²) in [4.78, 5) is 58.7. The van der Waals surface area contributed by atoms with Crippen LogP contribution >= 0.6 is 11.6 Å². The summed E-state index contributed by atoms with van der Waals surface area (Å²) >= 11 is 6.23. The number of fused-ring (bicyclic) bond motifs is 1. The average Bonchev–Trinajstić information content (AvgIpc) is 3.43. The Labute approximate surface area is 337 Å². The molecule has 0 bridgehead atoms. The second-order valence-corrected chi connectivity index (χ2v) is 16.2. The normalized spacial score (nSPS) is 19.9. The van der Waals surface area contributed by atoms with Crippen LogP contribution in [0.4, 0.5) is 24.5 Å². The van der Waals surface area contributed by atoms with Crippen molar-refractivity contribution in [1.29, 1.82) is 5.26 Å². The maximum Gasteiger partial charge on any atom is 0.431 e. The van der Waals surface area contributed by atoms with Gasteiger partial charge in [0.05, 0.1) is 21.7 Å². The number of nitrogens with zero attached hydrogens (tertiary/aromatic N) is 4. The van der Waals surface area contributed by atoms with Gasteiger partial charge >= 0.3 is 6.18 Å². The zero-order valence-electron chi connectivity index (χ0n) is 32.1. The number of hydrogen-bond donors (Lipinski definition) is 2. The SMILES string of the molecule is CC1(C)C(NC(=O)c2ccc(N3CCN(CCOc4ccc5c(c4)C(=O)N(c4ccc(C(F)(F)F)[nH]c4=O)C5=O)CC3)cc2)C(C)(C)C1Oc1ccc(C#N)c(Cl)c1. The number of amides is 3. The summed E-state index contributed by atoms with van der Waals surface area (Å²) in [5.41, 5.74) is -1.88. The van der Waals surface area contributed by atoms with Crippen molar-refractivity contribution in [3.8, 4) is 17.6 Å². The van der Waals surface area contributed by atoms with Crippen molar-refractivity contribution in [3.63, 3.8) is 0 Å². The van der Waals surface area contributed by atoms with E-state index in [-0.39, 0.29) is 35.8 Å². The van der Waals surface area contributed by atoms with Crippen LogP contribution in [0.3, 0.4) is 0 Å². The molecule has 16 heteroatoms. The van der Waals surface area contributed by atoms with E-state index in [0.29, 0.717) is 45.2 Å². The van der Waals surface area contributed by atoms with Crippen LogP contribution in [0.15, 0.2) is 77.6 Å². The molecule has 1 saturated heterocycles. The van der Waals surface area contributed by atoms with Gasteiger partial charge in [-0.15, -0.1) is 0 Å². The Hall–Kier alpha value is -5.85. The number of aromatic amines is 1. The topological polar surface area (TPSA) is 148 Å². The number of halogens is 4. The van der Waals surface area contributed by atoms with Gasteiger partial charge in [-0.2, -0.15) is 18.4 Å². The third-order valence-corrected chi connectivity index (χ3v) is 11.6. The molecule has 3 aliphatic rings. The number of benzene rings is 3. The summed E-state index contributed by atoms with van der Waals surface area (Å²) in [5.74, 6) is -0.927. The van der Waals surface area contributed by atoms with Gasteiger partial charge in [-0.05, 0) is 66.7 Å². The predicted molar refractivity (Wildman–Crippen MR) is 210 cm³/mol. The van der Waals surface area contributed by atoms with Crippen molar-refractivity contribution in [2.75, 3.05) is 49.1 Å². The minimum Gasteiger partial charge on any atom is -0.492 e. The van der Waals surface area contributed by atoms with E-state index in [1.165, 1.54) is 18.2 Å². The average molecular weight is 817 g/mol. The van der Waals surface area contributed by atoms with E-state index in [9.17, 15) is 37.6 Å². The Morgan fingerprint density at radius 2 is 1.55 bits per heavy atom. The lowest BCUT2D eigenvalue weighted by Crippen LogP contribution is -2.74. The van der Waals surface area contributed by atoms with Gasteiger partial charge in [-0.25, -0.2) is 4.90 Å². The lowest BCUT2D eigenvalue weighted by atomic mass is 9.49. The Balaban J connectivity index is 0.879. The molecular weight excluding hydrogens is 777 g/mol. The molecule has 2 aliphatic heterocycles. The maximum absolute atomic E-state index is 13.4. The largest absolute Gasteiger partial charge is 0.492 e. The standard InChI is InChI=1S/C42H40ClF3N6O6/c1-40(2)38(41(3,4)39(40)58-28-10-7-25(23-47)31(43)22-28)49-34(53)24-5-8-26(9-6-24)51-17-15-50(16-18-51)19-20-57-27-11-12-29-30(21-27)37(56)52(36(29)55)32-13-14-33(42(44,45)46)48-35(32)54/h5-14,21-22,38-39H,15-20H2,1-4H3,(H,48,54)(H,49,53). The van der Waals surface area contributed by atoms with Crippen molar-refractivity contribution >= 4 is 40.7 Å². The van der Waals surface area contributed by atoms with Gasteiger partial charge in [0.2, 0.25) is 0 Å². The number of ether oxygens (including phenoxy) is 2. The third kappa shape index (κ3) is 7.49. The Kier molecular flexibility index (Phi) is 10.5. The van der Waals surface area contributed by atoms with Crippen LogP contribution in [-0.4, -0.2) is 79.1 Å². The summed E-state index contributed by atoms with van der Waals surface area (Å²) in [7, 11) is 0. The summed E-state index contributed by atoms with van der Waals surface area (Å²) in [6.45, 7) is 12.1. The second-order valence-electron chi connectivity index (χ2n) is 15.8. The van der Waals surface area contributed by atoms with Gasteiger partial charge in [0.1, 0.15) is 41.7 Å². The van der Waals surface area contributed by atoms with Gasteiger partial charge in [-0.3, -0.25) is 24.1 Å². The first-order valence-corrected chi connectivity index (χ1v) is 19.0. The summed E-state index contributed by atoms with van der Waals surface area (Å²) in [5, 5.41) is 12.7. The zero-order chi connectivity index (χ0) is 41.7. The van der Waals surface area contributed by atoms with Crippen molar-refractivity contribution in [2.45, 2.75) is 46.0 Å². The van der Waals surface area contributed by atoms with Gasteiger partial charge < -0.3 is 24.7 Å². The minimum atomic E-state index is -4.80. The van der Waals surface area contributed by atoms with Crippen LogP contribution in [0.1, 0.15) is 70.0 Å². The van der Waals surface area contributed by atoms with E-state index in [2.05, 4.69) is 42.8 Å². The molecule has 3 aromatic carbocycles. The molecule has 12 nitrogen and oxygen atoms in total. The van der Waals surface area contributed by atoms with Crippen LogP contribution in [-0.2, 0) is 6.18 Å². The number of carbonyl (C=O) groups excluding carboxylic acids is 3.